The zero-order valence-electron chi connectivity index (χ0n) is 42.9. The van der Waals surface area contributed by atoms with Crippen molar-refractivity contribution in [1.82, 2.24) is 15.7 Å². The van der Waals surface area contributed by atoms with Gasteiger partial charge < -0.3 is 49.2 Å². The van der Waals surface area contributed by atoms with Crippen LogP contribution >= 0.6 is 0 Å². The molecule has 8 rings (SSSR count). The van der Waals surface area contributed by atoms with E-state index in [1.807, 2.05) is 5.48 Å². The highest BCUT2D eigenvalue weighted by Crippen LogP contribution is 2.49. The molecule has 1 aliphatic carbocycles. The summed E-state index contributed by atoms with van der Waals surface area (Å²) in [5, 5.41) is 49.8. The molecule has 4 heterocycles. The number of morpholine rings is 1. The Morgan fingerprint density at radius 3 is 2.24 bits per heavy atom. The van der Waals surface area contributed by atoms with Crippen LogP contribution in [0.2, 0.25) is 0 Å². The number of rotatable bonds is 6. The number of carbonyl (C=O) groups is 5. The predicted octanol–water partition coefficient (Wildman–Crippen LogP) is 7.05. The maximum atomic E-state index is 14.8. The summed E-state index contributed by atoms with van der Waals surface area (Å²) in [4.78, 5) is 77.5. The smallest absolute Gasteiger partial charge is 0.418 e. The summed E-state index contributed by atoms with van der Waals surface area (Å²) >= 11 is 0. The van der Waals surface area contributed by atoms with Crippen molar-refractivity contribution in [3.8, 4) is 11.5 Å². The summed E-state index contributed by atoms with van der Waals surface area (Å²) in [6, 6.07) is 10.9. The summed E-state index contributed by atoms with van der Waals surface area (Å²) in [5.74, 6) is -10.8. The minimum atomic E-state index is -5.05. The number of ketones is 3. The first-order chi connectivity index (χ1) is 35.9. The Labute approximate surface area is 435 Å². The fourth-order valence-electron chi connectivity index (χ4n) is 9.66. The Morgan fingerprint density at radius 1 is 0.908 bits per heavy atom. The molecule has 0 unspecified atom stereocenters. The van der Waals surface area contributed by atoms with Crippen molar-refractivity contribution in [2.75, 3.05) is 38.7 Å². The summed E-state index contributed by atoms with van der Waals surface area (Å²) in [7, 11) is 1.29. The van der Waals surface area contributed by atoms with E-state index >= 15 is 0 Å². The second-order valence-electron chi connectivity index (χ2n) is 19.2. The number of hydroxylamine groups is 1. The van der Waals surface area contributed by atoms with Crippen molar-refractivity contribution in [2.24, 2.45) is 28.7 Å². The first-order valence-corrected chi connectivity index (χ1v) is 24.4. The Balaban J connectivity index is 1.27. The average Bonchev–Trinajstić information content (AvgIpc) is 3.67. The van der Waals surface area contributed by atoms with E-state index < -0.39 is 123 Å². The lowest BCUT2D eigenvalue weighted by atomic mass is 9.78. The Bertz CT molecular complexity index is 2930. The SMILES string of the molecule is CO[C@H]1/C=C/O[C@@]2(C)Oc3c(C)c(O)c4c(c3C2=O)C(=O)C(N2CCOCC2)=C(NC(=O)/C(C)=C\C=C\[C@@H](C)[C@@H](O)[C@@H](C)[C@@H](O)[C@@H](C)[C@@H](OC(=O)Nc2ccc(C(=Nc3ccccc3)NO)cc2C(F)(F)F)[C@@H]1C)C4=O. The molecule has 5 aliphatic rings. The van der Waals surface area contributed by atoms with E-state index in [-0.39, 0.29) is 65.8 Å². The predicted molar refractivity (Wildman–Crippen MR) is 268 cm³/mol. The van der Waals surface area contributed by atoms with Gasteiger partial charge in [0.25, 0.3) is 11.7 Å². The normalized spacial score (nSPS) is 28.4. The quantitative estimate of drug-likeness (QED) is 0.0741. The van der Waals surface area contributed by atoms with Crippen molar-refractivity contribution in [2.45, 2.75) is 84.8 Å². The molecule has 406 valence electrons. The number of benzene rings is 3. The van der Waals surface area contributed by atoms with Gasteiger partial charge in [0.05, 0.1) is 71.4 Å². The minimum absolute atomic E-state index is 0.0509. The third-order valence-corrected chi connectivity index (χ3v) is 14.1. The zero-order valence-corrected chi connectivity index (χ0v) is 42.9. The molecule has 3 aromatic carbocycles. The lowest BCUT2D eigenvalue weighted by Gasteiger charge is -2.38. The van der Waals surface area contributed by atoms with Crippen LogP contribution in [0, 0.1) is 30.6 Å². The number of Topliss-reactive ketones (excluding diaryl/α,β-unsaturated/α-hetero) is 3. The topological polar surface area (TPSA) is 264 Å². The van der Waals surface area contributed by atoms with Crippen molar-refractivity contribution in [3.63, 3.8) is 0 Å². The standard InChI is InChI=1S/C54H60F3N5O14/c1-26-13-12-14-27(2)51(69)60-40-41(62-20-23-73-24-21-62)46(67)37-38(45(40)66)44(65)31(6)48-39(37)49(68)53(7,76-48)74-22-19-36(72-8)28(3)47(30(5)43(64)29(4)42(26)63)75-52(70)59-35-18-17-32(25-34(35)54(55,56)57)50(61-71)58-33-15-10-9-11-16-33/h9-19,22,25-26,28-30,36,42-43,47,63-65,71H,20-21,23-24H2,1-8H3,(H,58,61)(H,59,70)(H,60,69)/b13-12+,22-19+,27-14-/t26-,28-,29-,30-,36+,42-,43-,47+,53+/m1/s1. The van der Waals surface area contributed by atoms with E-state index in [4.69, 9.17) is 23.7 Å². The number of aromatic hydroxyl groups is 1. The number of para-hydroxylation sites is 1. The Morgan fingerprint density at radius 2 is 1.59 bits per heavy atom. The summed E-state index contributed by atoms with van der Waals surface area (Å²) in [6.45, 7) is 10.9. The van der Waals surface area contributed by atoms with Crippen LogP contribution in [0.3, 0.4) is 0 Å². The molecule has 1 saturated heterocycles. The van der Waals surface area contributed by atoms with Gasteiger partial charge in [-0.2, -0.15) is 13.2 Å². The van der Waals surface area contributed by atoms with E-state index in [9.17, 15) is 57.7 Å². The molecule has 0 aromatic heterocycles. The molecule has 0 spiro atoms. The van der Waals surface area contributed by atoms with Gasteiger partial charge >= 0.3 is 18.1 Å². The van der Waals surface area contributed by atoms with Gasteiger partial charge in [0, 0.05) is 67.5 Å². The first kappa shape index (κ1) is 56.4. The summed E-state index contributed by atoms with van der Waals surface area (Å²) in [5.41, 5.74) is -2.18. The van der Waals surface area contributed by atoms with Gasteiger partial charge in [0.15, 0.2) is 5.84 Å². The van der Waals surface area contributed by atoms with Crippen LogP contribution in [0.25, 0.3) is 0 Å². The summed E-state index contributed by atoms with van der Waals surface area (Å²) < 4.78 is 73.4. The second-order valence-corrected chi connectivity index (χ2v) is 19.2. The number of aliphatic hydroxyl groups excluding tert-OH is 2. The molecule has 9 atom stereocenters. The van der Waals surface area contributed by atoms with E-state index in [2.05, 4.69) is 15.6 Å². The number of fused-ring (bicyclic) bond motifs is 14. The van der Waals surface area contributed by atoms with Gasteiger partial charge in [-0.25, -0.2) is 9.79 Å². The number of hydrogen-bond donors (Lipinski definition) is 7. The van der Waals surface area contributed by atoms with Crippen LogP contribution < -0.4 is 20.9 Å². The molecular weight excluding hydrogens is 1000 g/mol. The highest BCUT2D eigenvalue weighted by molar-refractivity contribution is 6.32. The number of halogens is 3. The molecule has 76 heavy (non-hydrogen) atoms. The maximum absolute atomic E-state index is 14.8. The zero-order chi connectivity index (χ0) is 55.6. The molecule has 4 aliphatic heterocycles. The lowest BCUT2D eigenvalue weighted by molar-refractivity contribution is -0.137. The minimum Gasteiger partial charge on any atom is -0.507 e. The number of methoxy groups -OCH3 is 1. The highest BCUT2D eigenvalue weighted by atomic mass is 19.4. The van der Waals surface area contributed by atoms with E-state index in [1.54, 1.807) is 62.1 Å². The molecule has 19 nitrogen and oxygen atoms in total. The van der Waals surface area contributed by atoms with Crippen LogP contribution in [0.15, 0.2) is 101 Å². The Hall–Kier alpha value is -7.37. The number of amidine groups is 1. The second kappa shape index (κ2) is 22.8. The first-order valence-electron chi connectivity index (χ1n) is 24.4. The van der Waals surface area contributed by atoms with Gasteiger partial charge in [-0.3, -0.25) is 35.2 Å². The van der Waals surface area contributed by atoms with Crippen molar-refractivity contribution in [1.29, 1.82) is 0 Å². The summed E-state index contributed by atoms with van der Waals surface area (Å²) in [6.07, 6.45) is -4.95. The number of allylic oxidation sites excluding steroid dienone is 4. The molecule has 3 aromatic rings. The van der Waals surface area contributed by atoms with Gasteiger partial charge in [0.2, 0.25) is 11.6 Å². The van der Waals surface area contributed by atoms with E-state index in [0.29, 0.717) is 11.8 Å². The number of nitrogens with one attached hydrogen (secondary N) is 3. The van der Waals surface area contributed by atoms with Crippen LogP contribution in [0.5, 0.6) is 11.5 Å². The Kier molecular flexibility index (Phi) is 16.9. The number of ether oxygens (including phenoxy) is 5. The fraction of sp³-hybridized carbons (Fsp3) is 0.407. The fourth-order valence-corrected chi connectivity index (χ4v) is 9.66. The lowest BCUT2D eigenvalue weighted by Crippen LogP contribution is -2.47. The number of anilines is 1. The van der Waals surface area contributed by atoms with Crippen LogP contribution in [0.1, 0.15) is 89.3 Å². The number of carbonyl (C=O) groups excluding carboxylic acids is 5. The largest absolute Gasteiger partial charge is 0.507 e. The third-order valence-electron chi connectivity index (χ3n) is 14.1. The molecule has 0 saturated carbocycles. The molecule has 1 fully saturated rings. The number of aliphatic hydroxyl groups is 2. The van der Waals surface area contributed by atoms with Crippen LogP contribution in [-0.2, 0) is 29.9 Å². The number of amides is 2. The van der Waals surface area contributed by atoms with Crippen molar-refractivity contribution < 1.29 is 81.4 Å². The molecule has 0 radical (unpaired) electrons. The van der Waals surface area contributed by atoms with Crippen LogP contribution in [-0.4, -0.2) is 124 Å². The number of hydrogen-bond acceptors (Lipinski definition) is 16. The van der Waals surface area contributed by atoms with Crippen molar-refractivity contribution >= 4 is 46.6 Å². The van der Waals surface area contributed by atoms with Crippen molar-refractivity contribution in [3.05, 3.63) is 129 Å². The van der Waals surface area contributed by atoms with Gasteiger partial charge in [-0.15, -0.1) is 0 Å². The third kappa shape index (κ3) is 11.3. The van der Waals surface area contributed by atoms with Gasteiger partial charge in [-0.1, -0.05) is 64.1 Å². The number of alkyl halides is 3. The number of phenolic OH excluding ortho intramolecular Hbond substituents is 1. The highest BCUT2D eigenvalue weighted by Gasteiger charge is 2.53. The molecule has 7 N–H and O–H groups in total. The monoisotopic (exact) mass is 1060 g/mol. The van der Waals surface area contributed by atoms with E-state index in [0.717, 1.165) is 12.3 Å². The average molecular weight is 1060 g/mol. The molecule has 2 amide bonds. The van der Waals surface area contributed by atoms with Gasteiger partial charge in [-0.05, 0) is 50.3 Å². The maximum Gasteiger partial charge on any atom is 0.418 e. The number of aliphatic imine (C=N–C) groups is 1. The molecule has 5 bridgehead atoms. The number of nitrogens with zero attached hydrogens (tertiary/aromatic N) is 2. The molecule has 22 heteroatoms. The van der Waals surface area contributed by atoms with Crippen LogP contribution in [0.4, 0.5) is 29.3 Å². The van der Waals surface area contributed by atoms with Gasteiger partial charge in [0.1, 0.15) is 29.0 Å². The molecular formula is C54H60F3N5O14. The number of phenols is 1. The van der Waals surface area contributed by atoms with E-state index in [1.165, 1.54) is 59.1 Å².